The molecule has 2 aromatic rings. The van der Waals surface area contributed by atoms with Gasteiger partial charge in [0.1, 0.15) is 5.69 Å². The highest BCUT2D eigenvalue weighted by molar-refractivity contribution is 5.60. The second-order valence-electron chi connectivity index (χ2n) is 3.16. The Bertz CT molecular complexity index is 437. The lowest BCUT2D eigenvalue weighted by molar-refractivity contribution is 0.616. The second kappa shape index (κ2) is 3.58. The van der Waals surface area contributed by atoms with Gasteiger partial charge in [-0.25, -0.2) is 4.39 Å². The molecule has 0 saturated heterocycles. The van der Waals surface area contributed by atoms with Gasteiger partial charge in [-0.3, -0.25) is 4.98 Å². The zero-order chi connectivity index (χ0) is 9.97. The van der Waals surface area contributed by atoms with Crippen LogP contribution in [-0.4, -0.2) is 4.98 Å². The summed E-state index contributed by atoms with van der Waals surface area (Å²) >= 11 is 0. The van der Waals surface area contributed by atoms with Crippen molar-refractivity contribution in [3.63, 3.8) is 0 Å². The predicted octanol–water partition coefficient (Wildman–Crippen LogP) is 3.20. The van der Waals surface area contributed by atoms with Crippen molar-refractivity contribution in [3.8, 4) is 11.3 Å². The molecule has 0 aliphatic carbocycles. The SMILES string of the molecule is Cc1ccnc(-c2ccccc2)c1F. The second-order valence-corrected chi connectivity index (χ2v) is 3.16. The van der Waals surface area contributed by atoms with Crippen LogP contribution in [-0.2, 0) is 0 Å². The fourth-order valence-corrected chi connectivity index (χ4v) is 1.34. The summed E-state index contributed by atoms with van der Waals surface area (Å²) in [5.74, 6) is -0.237. The molecule has 0 fully saturated rings. The molecule has 0 N–H and O–H groups in total. The predicted molar refractivity (Wildman–Crippen MR) is 54.4 cm³/mol. The molecule has 0 radical (unpaired) electrons. The third-order valence-corrected chi connectivity index (χ3v) is 2.13. The topological polar surface area (TPSA) is 12.9 Å². The summed E-state index contributed by atoms with van der Waals surface area (Å²) in [6.45, 7) is 1.74. The fourth-order valence-electron chi connectivity index (χ4n) is 1.34. The molecule has 1 aromatic heterocycles. The summed E-state index contributed by atoms with van der Waals surface area (Å²) in [4.78, 5) is 4.03. The molecule has 0 bridgehead atoms. The molecular weight excluding hydrogens is 177 g/mol. The first-order valence-corrected chi connectivity index (χ1v) is 4.45. The molecule has 1 nitrogen and oxygen atoms in total. The van der Waals surface area contributed by atoms with Gasteiger partial charge in [0, 0.05) is 11.8 Å². The maximum atomic E-state index is 13.6. The van der Waals surface area contributed by atoms with E-state index in [1.807, 2.05) is 30.3 Å². The molecule has 0 aliphatic heterocycles. The normalized spacial score (nSPS) is 10.1. The fraction of sp³-hybridized carbons (Fsp3) is 0.0833. The van der Waals surface area contributed by atoms with Gasteiger partial charge in [0.2, 0.25) is 0 Å². The number of hydrogen-bond donors (Lipinski definition) is 0. The van der Waals surface area contributed by atoms with E-state index in [1.54, 1.807) is 19.2 Å². The average Bonchev–Trinajstić information content (AvgIpc) is 2.23. The minimum atomic E-state index is -0.237. The molecule has 1 aromatic carbocycles. The van der Waals surface area contributed by atoms with Crippen LogP contribution in [0.5, 0.6) is 0 Å². The Morgan fingerprint density at radius 1 is 1.07 bits per heavy atom. The zero-order valence-corrected chi connectivity index (χ0v) is 7.87. The lowest BCUT2D eigenvalue weighted by atomic mass is 10.1. The van der Waals surface area contributed by atoms with Crippen molar-refractivity contribution in [1.29, 1.82) is 0 Å². The molecule has 0 aliphatic rings. The van der Waals surface area contributed by atoms with Crippen LogP contribution >= 0.6 is 0 Å². The quantitative estimate of drug-likeness (QED) is 0.668. The lowest BCUT2D eigenvalue weighted by Crippen LogP contribution is -1.91. The van der Waals surface area contributed by atoms with Crippen LogP contribution in [0.4, 0.5) is 4.39 Å². The summed E-state index contributed by atoms with van der Waals surface area (Å²) < 4.78 is 13.6. The Balaban J connectivity index is 2.58. The van der Waals surface area contributed by atoms with Crippen molar-refractivity contribution in [1.82, 2.24) is 4.98 Å². The monoisotopic (exact) mass is 187 g/mol. The van der Waals surface area contributed by atoms with Crippen molar-refractivity contribution < 1.29 is 4.39 Å². The lowest BCUT2D eigenvalue weighted by Gasteiger charge is -2.03. The van der Waals surface area contributed by atoms with E-state index in [0.29, 0.717) is 11.3 Å². The molecule has 1 heterocycles. The zero-order valence-electron chi connectivity index (χ0n) is 7.87. The number of aryl methyl sites for hydroxylation is 1. The van der Waals surface area contributed by atoms with E-state index in [1.165, 1.54) is 0 Å². The van der Waals surface area contributed by atoms with E-state index in [9.17, 15) is 4.39 Å². The van der Waals surface area contributed by atoms with Crippen molar-refractivity contribution in [2.24, 2.45) is 0 Å². The van der Waals surface area contributed by atoms with Crippen LogP contribution in [0.25, 0.3) is 11.3 Å². The van der Waals surface area contributed by atoms with Gasteiger partial charge >= 0.3 is 0 Å². The number of halogens is 1. The minimum absolute atomic E-state index is 0.237. The van der Waals surface area contributed by atoms with Gasteiger partial charge in [-0.15, -0.1) is 0 Å². The highest BCUT2D eigenvalue weighted by Crippen LogP contribution is 2.21. The van der Waals surface area contributed by atoms with E-state index in [-0.39, 0.29) is 5.82 Å². The summed E-state index contributed by atoms with van der Waals surface area (Å²) in [7, 11) is 0. The Morgan fingerprint density at radius 3 is 2.50 bits per heavy atom. The van der Waals surface area contributed by atoms with Gasteiger partial charge in [-0.1, -0.05) is 30.3 Å². The van der Waals surface area contributed by atoms with Crippen LogP contribution in [0.1, 0.15) is 5.56 Å². The number of hydrogen-bond acceptors (Lipinski definition) is 1. The van der Waals surface area contributed by atoms with Gasteiger partial charge in [-0.2, -0.15) is 0 Å². The Hall–Kier alpha value is -1.70. The maximum Gasteiger partial charge on any atom is 0.152 e. The Kier molecular flexibility index (Phi) is 2.27. The number of rotatable bonds is 1. The van der Waals surface area contributed by atoms with Crippen molar-refractivity contribution in [3.05, 3.63) is 54.0 Å². The van der Waals surface area contributed by atoms with E-state index in [2.05, 4.69) is 4.98 Å². The van der Waals surface area contributed by atoms with Gasteiger partial charge in [0.25, 0.3) is 0 Å². The van der Waals surface area contributed by atoms with E-state index >= 15 is 0 Å². The van der Waals surface area contributed by atoms with Gasteiger partial charge in [-0.05, 0) is 18.6 Å². The molecule has 0 amide bonds. The van der Waals surface area contributed by atoms with E-state index in [4.69, 9.17) is 0 Å². The van der Waals surface area contributed by atoms with Crippen LogP contribution in [0.15, 0.2) is 42.6 Å². The highest BCUT2D eigenvalue weighted by atomic mass is 19.1. The first-order valence-electron chi connectivity index (χ1n) is 4.45. The third kappa shape index (κ3) is 1.51. The maximum absolute atomic E-state index is 13.6. The standard InChI is InChI=1S/C12H10FN/c1-9-7-8-14-12(11(9)13)10-5-3-2-4-6-10/h2-8H,1H3. The summed E-state index contributed by atoms with van der Waals surface area (Å²) in [6.07, 6.45) is 1.63. The number of pyridine rings is 1. The molecular formula is C12H10FN. The number of nitrogens with zero attached hydrogens (tertiary/aromatic N) is 1. The molecule has 2 heteroatoms. The van der Waals surface area contributed by atoms with Gasteiger partial charge in [0.15, 0.2) is 5.82 Å². The minimum Gasteiger partial charge on any atom is -0.253 e. The van der Waals surface area contributed by atoms with Crippen LogP contribution in [0.3, 0.4) is 0 Å². The summed E-state index contributed by atoms with van der Waals surface area (Å²) in [6, 6.07) is 11.0. The first kappa shape index (κ1) is 8.88. The first-order chi connectivity index (χ1) is 6.79. The van der Waals surface area contributed by atoms with Crippen molar-refractivity contribution in [2.45, 2.75) is 6.92 Å². The molecule has 0 atom stereocenters. The number of aromatic nitrogens is 1. The van der Waals surface area contributed by atoms with Crippen LogP contribution in [0.2, 0.25) is 0 Å². The molecule has 70 valence electrons. The smallest absolute Gasteiger partial charge is 0.152 e. The average molecular weight is 187 g/mol. The molecule has 14 heavy (non-hydrogen) atoms. The Labute approximate surface area is 82.2 Å². The molecule has 0 saturated carbocycles. The highest BCUT2D eigenvalue weighted by Gasteiger charge is 2.07. The van der Waals surface area contributed by atoms with Crippen molar-refractivity contribution in [2.75, 3.05) is 0 Å². The summed E-state index contributed by atoms with van der Waals surface area (Å²) in [5.41, 5.74) is 1.86. The molecule has 0 unspecified atom stereocenters. The third-order valence-electron chi connectivity index (χ3n) is 2.13. The molecule has 2 rings (SSSR count). The summed E-state index contributed by atoms with van der Waals surface area (Å²) in [5, 5.41) is 0. The van der Waals surface area contributed by atoms with Crippen molar-refractivity contribution >= 4 is 0 Å². The van der Waals surface area contributed by atoms with Crippen LogP contribution < -0.4 is 0 Å². The Morgan fingerprint density at radius 2 is 1.79 bits per heavy atom. The molecule has 0 spiro atoms. The van der Waals surface area contributed by atoms with Crippen LogP contribution in [0, 0.1) is 12.7 Å². The van der Waals surface area contributed by atoms with Gasteiger partial charge in [0.05, 0.1) is 0 Å². The largest absolute Gasteiger partial charge is 0.253 e. The van der Waals surface area contributed by atoms with E-state index in [0.717, 1.165) is 5.56 Å². The van der Waals surface area contributed by atoms with E-state index < -0.39 is 0 Å². The van der Waals surface area contributed by atoms with Gasteiger partial charge < -0.3 is 0 Å². The number of benzene rings is 1.